The molecule has 2 aromatic carbocycles. The molecule has 0 bridgehead atoms. The Bertz CT molecular complexity index is 735. The minimum Gasteiger partial charge on any atom is -0.507 e. The van der Waals surface area contributed by atoms with Crippen molar-refractivity contribution in [3.8, 4) is 5.75 Å². The molecule has 3 nitrogen and oxygen atoms in total. The summed E-state index contributed by atoms with van der Waals surface area (Å²) < 4.78 is 0. The van der Waals surface area contributed by atoms with Crippen LogP contribution in [-0.4, -0.2) is 10.2 Å². The molecule has 0 aliphatic rings. The first-order valence-corrected chi connectivity index (χ1v) is 8.85. The van der Waals surface area contributed by atoms with E-state index in [1.54, 1.807) is 12.1 Å². The Morgan fingerprint density at radius 3 is 1.88 bits per heavy atom. The van der Waals surface area contributed by atoms with E-state index < -0.39 is 0 Å². The van der Waals surface area contributed by atoms with E-state index in [4.69, 9.17) is 11.6 Å². The summed E-state index contributed by atoms with van der Waals surface area (Å²) >= 11 is 6.02. The molecule has 0 spiro atoms. The molecule has 0 atom stereocenters. The SMILES string of the molecule is CC(C)(C)c1cc(Nc2ccc(Cl)cc2CO)cc(C(C)(C)C)c1O. The number of phenols is 1. The van der Waals surface area contributed by atoms with E-state index in [1.165, 1.54) is 0 Å². The Morgan fingerprint density at radius 2 is 1.44 bits per heavy atom. The molecule has 0 saturated carbocycles. The van der Waals surface area contributed by atoms with Crippen molar-refractivity contribution < 1.29 is 10.2 Å². The van der Waals surface area contributed by atoms with Gasteiger partial charge in [-0.1, -0.05) is 53.1 Å². The monoisotopic (exact) mass is 361 g/mol. The third-order valence-electron chi connectivity index (χ3n) is 4.24. The number of benzene rings is 2. The van der Waals surface area contributed by atoms with E-state index in [2.05, 4.69) is 46.9 Å². The standard InChI is InChI=1S/C21H28ClNO2/c1-20(2,3)16-10-15(11-17(19(16)25)21(4,5)6)23-18-8-7-14(22)9-13(18)12-24/h7-11,23-25H,12H2,1-6H3. The lowest BCUT2D eigenvalue weighted by molar-refractivity contribution is 0.282. The van der Waals surface area contributed by atoms with Crippen molar-refractivity contribution in [2.24, 2.45) is 0 Å². The van der Waals surface area contributed by atoms with Crippen LogP contribution in [0, 0.1) is 0 Å². The van der Waals surface area contributed by atoms with Gasteiger partial charge in [0.1, 0.15) is 5.75 Å². The zero-order valence-electron chi connectivity index (χ0n) is 15.9. The van der Waals surface area contributed by atoms with Crippen molar-refractivity contribution in [1.82, 2.24) is 0 Å². The van der Waals surface area contributed by atoms with Crippen LogP contribution in [0.25, 0.3) is 0 Å². The number of anilines is 2. The summed E-state index contributed by atoms with van der Waals surface area (Å²) in [7, 11) is 0. The number of nitrogens with one attached hydrogen (secondary N) is 1. The number of phenolic OH excluding ortho intramolecular Hbond substituents is 1. The van der Waals surface area contributed by atoms with E-state index in [0.717, 1.165) is 28.1 Å². The van der Waals surface area contributed by atoms with E-state index in [-0.39, 0.29) is 17.4 Å². The van der Waals surface area contributed by atoms with Gasteiger partial charge in [-0.25, -0.2) is 0 Å². The van der Waals surface area contributed by atoms with Gasteiger partial charge in [-0.3, -0.25) is 0 Å². The summed E-state index contributed by atoms with van der Waals surface area (Å²) in [6.45, 7) is 12.4. The lowest BCUT2D eigenvalue weighted by Gasteiger charge is -2.28. The molecule has 2 rings (SSSR count). The number of halogens is 1. The van der Waals surface area contributed by atoms with Gasteiger partial charge in [-0.15, -0.1) is 0 Å². The highest BCUT2D eigenvalue weighted by Gasteiger charge is 2.26. The predicted octanol–water partition coefficient (Wildman–Crippen LogP) is 5.88. The van der Waals surface area contributed by atoms with Gasteiger partial charge in [-0.05, 0) is 41.2 Å². The maximum absolute atomic E-state index is 10.8. The zero-order chi connectivity index (χ0) is 19.0. The lowest BCUT2D eigenvalue weighted by Crippen LogP contribution is -2.17. The number of hydrogen-bond donors (Lipinski definition) is 3. The van der Waals surface area contributed by atoms with Gasteiger partial charge in [0.15, 0.2) is 0 Å². The molecule has 0 fully saturated rings. The van der Waals surface area contributed by atoms with Gasteiger partial charge in [0.05, 0.1) is 6.61 Å². The van der Waals surface area contributed by atoms with Gasteiger partial charge < -0.3 is 15.5 Å². The van der Waals surface area contributed by atoms with Crippen molar-refractivity contribution in [2.45, 2.75) is 59.0 Å². The molecule has 25 heavy (non-hydrogen) atoms. The van der Waals surface area contributed by atoms with Crippen molar-refractivity contribution >= 4 is 23.0 Å². The molecule has 0 aliphatic carbocycles. The molecule has 0 amide bonds. The first kappa shape index (κ1) is 19.6. The molecule has 0 aliphatic heterocycles. The normalized spacial score (nSPS) is 12.3. The molecular weight excluding hydrogens is 334 g/mol. The number of aliphatic hydroxyl groups is 1. The molecule has 0 unspecified atom stereocenters. The summed E-state index contributed by atoms with van der Waals surface area (Å²) in [6.07, 6.45) is 0. The number of aliphatic hydroxyl groups excluding tert-OH is 1. The largest absolute Gasteiger partial charge is 0.507 e. The molecule has 0 heterocycles. The van der Waals surface area contributed by atoms with Gasteiger partial charge in [0.25, 0.3) is 0 Å². The van der Waals surface area contributed by atoms with Crippen LogP contribution in [0.3, 0.4) is 0 Å². The predicted molar refractivity (Wildman–Crippen MR) is 106 cm³/mol. The average Bonchev–Trinajstić information content (AvgIpc) is 2.48. The zero-order valence-corrected chi connectivity index (χ0v) is 16.6. The molecule has 2 aromatic rings. The summed E-state index contributed by atoms with van der Waals surface area (Å²) in [6, 6.07) is 9.34. The van der Waals surface area contributed by atoms with E-state index in [9.17, 15) is 10.2 Å². The molecule has 0 aromatic heterocycles. The summed E-state index contributed by atoms with van der Waals surface area (Å²) in [5.74, 6) is 0.351. The third kappa shape index (κ3) is 4.47. The first-order chi connectivity index (χ1) is 11.4. The first-order valence-electron chi connectivity index (χ1n) is 8.48. The fourth-order valence-corrected chi connectivity index (χ4v) is 3.02. The smallest absolute Gasteiger partial charge is 0.123 e. The van der Waals surface area contributed by atoms with E-state index >= 15 is 0 Å². The number of aromatic hydroxyl groups is 1. The Hall–Kier alpha value is -1.71. The maximum Gasteiger partial charge on any atom is 0.123 e. The second-order valence-electron chi connectivity index (χ2n) is 8.50. The quantitative estimate of drug-likeness (QED) is 0.598. The van der Waals surface area contributed by atoms with Crippen molar-refractivity contribution in [1.29, 1.82) is 0 Å². The molecule has 0 saturated heterocycles. The van der Waals surface area contributed by atoms with Crippen LogP contribution in [0.15, 0.2) is 30.3 Å². The Morgan fingerprint density at radius 1 is 0.920 bits per heavy atom. The highest BCUT2D eigenvalue weighted by Crippen LogP contribution is 2.41. The molecule has 4 heteroatoms. The second-order valence-corrected chi connectivity index (χ2v) is 8.94. The van der Waals surface area contributed by atoms with E-state index in [0.29, 0.717) is 10.8 Å². The van der Waals surface area contributed by atoms with Crippen LogP contribution in [0.4, 0.5) is 11.4 Å². The molecular formula is C21H28ClNO2. The number of rotatable bonds is 3. The Balaban J connectivity index is 2.59. The van der Waals surface area contributed by atoms with Crippen LogP contribution in [0.1, 0.15) is 58.2 Å². The van der Waals surface area contributed by atoms with E-state index in [1.807, 2.05) is 18.2 Å². The van der Waals surface area contributed by atoms with Gasteiger partial charge in [-0.2, -0.15) is 0 Å². The van der Waals surface area contributed by atoms with Crippen molar-refractivity contribution in [3.05, 3.63) is 52.0 Å². The Kier molecular flexibility index (Phi) is 5.41. The second kappa shape index (κ2) is 6.89. The summed E-state index contributed by atoms with van der Waals surface area (Å²) in [5.41, 5.74) is 3.81. The highest BCUT2D eigenvalue weighted by atomic mass is 35.5. The van der Waals surface area contributed by atoms with Crippen molar-refractivity contribution in [3.63, 3.8) is 0 Å². The fourth-order valence-electron chi connectivity index (χ4n) is 2.82. The lowest BCUT2D eigenvalue weighted by atomic mass is 9.79. The third-order valence-corrected chi connectivity index (χ3v) is 4.48. The van der Waals surface area contributed by atoms with Crippen LogP contribution in [0.2, 0.25) is 5.02 Å². The fraction of sp³-hybridized carbons (Fsp3) is 0.429. The van der Waals surface area contributed by atoms with Gasteiger partial charge in [0, 0.05) is 33.1 Å². The summed E-state index contributed by atoms with van der Waals surface area (Å²) in [5, 5.41) is 24.4. The number of hydrogen-bond acceptors (Lipinski definition) is 3. The van der Waals surface area contributed by atoms with Crippen LogP contribution in [0.5, 0.6) is 5.75 Å². The Labute approximate surface area is 155 Å². The molecule has 3 N–H and O–H groups in total. The van der Waals surface area contributed by atoms with Crippen LogP contribution in [-0.2, 0) is 17.4 Å². The van der Waals surface area contributed by atoms with Gasteiger partial charge >= 0.3 is 0 Å². The van der Waals surface area contributed by atoms with Gasteiger partial charge in [0.2, 0.25) is 0 Å². The molecule has 0 radical (unpaired) electrons. The van der Waals surface area contributed by atoms with Crippen molar-refractivity contribution in [2.75, 3.05) is 5.32 Å². The van der Waals surface area contributed by atoms with Crippen LogP contribution < -0.4 is 5.32 Å². The topological polar surface area (TPSA) is 52.5 Å². The maximum atomic E-state index is 10.8. The van der Waals surface area contributed by atoms with Crippen LogP contribution >= 0.6 is 11.6 Å². The highest BCUT2D eigenvalue weighted by molar-refractivity contribution is 6.30. The minimum atomic E-state index is -0.193. The summed E-state index contributed by atoms with van der Waals surface area (Å²) in [4.78, 5) is 0. The average molecular weight is 362 g/mol. The minimum absolute atomic E-state index is 0.0980. The molecule has 136 valence electrons.